The first kappa shape index (κ1) is 15.6. The Morgan fingerprint density at radius 3 is 2.68 bits per heavy atom. The van der Waals surface area contributed by atoms with Gasteiger partial charge in [0, 0.05) is 31.7 Å². The van der Waals surface area contributed by atoms with Crippen LogP contribution in [0.25, 0.3) is 0 Å². The molecule has 2 heterocycles. The highest BCUT2D eigenvalue weighted by atomic mass is 19.1. The van der Waals surface area contributed by atoms with Gasteiger partial charge in [-0.3, -0.25) is 9.89 Å². The van der Waals surface area contributed by atoms with E-state index in [-0.39, 0.29) is 5.91 Å². The SMILES string of the molecule is N#Cc1ccc(N2CCN(C(=O)c3[nH]ncc3C3CC3)CC2)c(F)c1. The number of hydrogen-bond acceptors (Lipinski definition) is 4. The minimum absolute atomic E-state index is 0.0284. The van der Waals surface area contributed by atoms with Crippen molar-refractivity contribution in [2.24, 2.45) is 0 Å². The number of hydrogen-bond donors (Lipinski definition) is 1. The van der Waals surface area contributed by atoms with Crippen LogP contribution in [-0.4, -0.2) is 47.2 Å². The van der Waals surface area contributed by atoms with E-state index in [1.54, 1.807) is 23.2 Å². The second kappa shape index (κ2) is 6.20. The van der Waals surface area contributed by atoms with Gasteiger partial charge in [-0.05, 0) is 37.0 Å². The summed E-state index contributed by atoms with van der Waals surface area (Å²) in [7, 11) is 0. The highest BCUT2D eigenvalue weighted by Crippen LogP contribution is 2.41. The van der Waals surface area contributed by atoms with Gasteiger partial charge in [-0.15, -0.1) is 0 Å². The van der Waals surface area contributed by atoms with Crippen molar-refractivity contribution in [1.82, 2.24) is 15.1 Å². The third kappa shape index (κ3) is 2.95. The van der Waals surface area contributed by atoms with Crippen LogP contribution in [0.3, 0.4) is 0 Å². The third-order valence-electron chi connectivity index (χ3n) is 4.88. The molecule has 2 fully saturated rings. The first-order chi connectivity index (χ1) is 12.2. The Morgan fingerprint density at radius 1 is 1.28 bits per heavy atom. The number of carbonyl (C=O) groups excluding carboxylic acids is 1. The van der Waals surface area contributed by atoms with Crippen LogP contribution >= 0.6 is 0 Å². The van der Waals surface area contributed by atoms with Crippen molar-refractivity contribution < 1.29 is 9.18 Å². The largest absolute Gasteiger partial charge is 0.366 e. The van der Waals surface area contributed by atoms with Gasteiger partial charge < -0.3 is 9.80 Å². The summed E-state index contributed by atoms with van der Waals surface area (Å²) in [6.45, 7) is 2.17. The normalized spacial score (nSPS) is 17.4. The third-order valence-corrected chi connectivity index (χ3v) is 4.88. The molecule has 0 atom stereocenters. The monoisotopic (exact) mass is 339 g/mol. The molecule has 2 aromatic rings. The van der Waals surface area contributed by atoms with Crippen LogP contribution in [0.2, 0.25) is 0 Å². The van der Waals surface area contributed by atoms with Crippen LogP contribution in [0, 0.1) is 17.1 Å². The first-order valence-electron chi connectivity index (χ1n) is 8.44. The topological polar surface area (TPSA) is 76.0 Å². The number of nitrogens with one attached hydrogen (secondary N) is 1. The number of carbonyl (C=O) groups is 1. The highest BCUT2D eigenvalue weighted by molar-refractivity contribution is 5.94. The van der Waals surface area contributed by atoms with Crippen molar-refractivity contribution >= 4 is 11.6 Å². The Hall–Kier alpha value is -2.88. The number of anilines is 1. The lowest BCUT2D eigenvalue weighted by atomic mass is 10.1. The van der Waals surface area contributed by atoms with Gasteiger partial charge in [0.25, 0.3) is 5.91 Å². The minimum Gasteiger partial charge on any atom is -0.366 e. The van der Waals surface area contributed by atoms with Crippen LogP contribution in [0.5, 0.6) is 0 Å². The van der Waals surface area contributed by atoms with Crippen molar-refractivity contribution in [3.05, 3.63) is 47.0 Å². The first-order valence-corrected chi connectivity index (χ1v) is 8.44. The molecule has 128 valence electrons. The lowest BCUT2D eigenvalue weighted by molar-refractivity contribution is 0.0739. The zero-order chi connectivity index (χ0) is 17.4. The van der Waals surface area contributed by atoms with E-state index in [1.807, 2.05) is 11.0 Å². The molecular formula is C18H18FN5O. The number of nitriles is 1. The molecule has 1 saturated heterocycles. The minimum atomic E-state index is -0.400. The van der Waals surface area contributed by atoms with Crippen LogP contribution in [0.4, 0.5) is 10.1 Å². The van der Waals surface area contributed by atoms with Gasteiger partial charge in [0.1, 0.15) is 11.5 Å². The van der Waals surface area contributed by atoms with Gasteiger partial charge >= 0.3 is 0 Å². The van der Waals surface area contributed by atoms with Crippen LogP contribution in [0.1, 0.15) is 40.4 Å². The van der Waals surface area contributed by atoms with E-state index >= 15 is 0 Å². The molecule has 2 aliphatic rings. The summed E-state index contributed by atoms with van der Waals surface area (Å²) in [6, 6.07) is 6.43. The summed E-state index contributed by atoms with van der Waals surface area (Å²) in [4.78, 5) is 16.4. The maximum Gasteiger partial charge on any atom is 0.272 e. The van der Waals surface area contributed by atoms with Crippen molar-refractivity contribution in [3.63, 3.8) is 0 Å². The molecule has 1 N–H and O–H groups in total. The molecule has 0 bridgehead atoms. The number of aromatic amines is 1. The van der Waals surface area contributed by atoms with Crippen LogP contribution in [0.15, 0.2) is 24.4 Å². The molecule has 1 aromatic heterocycles. The number of rotatable bonds is 3. The zero-order valence-corrected chi connectivity index (χ0v) is 13.7. The molecule has 1 aliphatic carbocycles. The van der Waals surface area contributed by atoms with Crippen molar-refractivity contribution in [1.29, 1.82) is 5.26 Å². The van der Waals surface area contributed by atoms with E-state index in [1.165, 1.54) is 6.07 Å². The van der Waals surface area contributed by atoms with Gasteiger partial charge in [0.2, 0.25) is 0 Å². The standard InChI is InChI=1S/C18H18FN5O/c19-15-9-12(10-20)1-4-16(15)23-5-7-24(8-6-23)18(25)17-14(11-21-22-17)13-2-3-13/h1,4,9,11,13H,2-3,5-8H2,(H,21,22). The van der Waals surface area contributed by atoms with Gasteiger partial charge in [-0.2, -0.15) is 10.4 Å². The lowest BCUT2D eigenvalue weighted by Crippen LogP contribution is -2.49. The van der Waals surface area contributed by atoms with E-state index in [0.29, 0.717) is 49.0 Å². The second-order valence-corrected chi connectivity index (χ2v) is 6.53. The summed E-state index contributed by atoms with van der Waals surface area (Å²) >= 11 is 0. The predicted octanol–water partition coefficient (Wildman–Crippen LogP) is 2.26. The molecule has 4 rings (SSSR count). The quantitative estimate of drug-likeness (QED) is 0.931. The number of nitrogens with zero attached hydrogens (tertiary/aromatic N) is 4. The summed E-state index contributed by atoms with van der Waals surface area (Å²) in [5.41, 5.74) is 2.40. The van der Waals surface area contributed by atoms with Gasteiger partial charge in [0.05, 0.1) is 23.5 Å². The molecule has 1 aliphatic heterocycles. The Morgan fingerprint density at radius 2 is 2.04 bits per heavy atom. The number of amides is 1. The van der Waals surface area contributed by atoms with Crippen molar-refractivity contribution in [2.75, 3.05) is 31.1 Å². The average molecular weight is 339 g/mol. The Balaban J connectivity index is 1.44. The fraction of sp³-hybridized carbons (Fsp3) is 0.389. The van der Waals surface area contributed by atoms with Gasteiger partial charge in [-0.1, -0.05) is 0 Å². The van der Waals surface area contributed by atoms with Crippen molar-refractivity contribution in [2.45, 2.75) is 18.8 Å². The number of benzene rings is 1. The highest BCUT2D eigenvalue weighted by Gasteiger charge is 2.32. The zero-order valence-electron chi connectivity index (χ0n) is 13.7. The molecule has 7 heteroatoms. The Bertz CT molecular complexity index is 843. The summed E-state index contributed by atoms with van der Waals surface area (Å²) in [6.07, 6.45) is 3.99. The van der Waals surface area contributed by atoms with E-state index in [0.717, 1.165) is 18.4 Å². The number of H-pyrrole nitrogens is 1. The predicted molar refractivity (Wildman–Crippen MR) is 89.8 cm³/mol. The molecule has 1 saturated carbocycles. The average Bonchev–Trinajstić information content (AvgIpc) is 3.38. The Labute approximate surface area is 144 Å². The molecule has 1 aromatic carbocycles. The van der Waals surface area contributed by atoms with Gasteiger partial charge in [-0.25, -0.2) is 4.39 Å². The summed E-state index contributed by atoms with van der Waals surface area (Å²) < 4.78 is 14.2. The Kier molecular flexibility index (Phi) is 3.88. The molecule has 0 unspecified atom stereocenters. The van der Waals surface area contributed by atoms with E-state index in [4.69, 9.17) is 5.26 Å². The molecule has 6 nitrogen and oxygen atoms in total. The smallest absolute Gasteiger partial charge is 0.272 e. The fourth-order valence-corrected chi connectivity index (χ4v) is 3.31. The molecule has 25 heavy (non-hydrogen) atoms. The summed E-state index contributed by atoms with van der Waals surface area (Å²) in [5.74, 6) is 0.0366. The number of aromatic nitrogens is 2. The second-order valence-electron chi connectivity index (χ2n) is 6.53. The lowest BCUT2D eigenvalue weighted by Gasteiger charge is -2.36. The molecule has 0 radical (unpaired) electrons. The van der Waals surface area contributed by atoms with Crippen LogP contribution < -0.4 is 4.90 Å². The van der Waals surface area contributed by atoms with Crippen molar-refractivity contribution in [3.8, 4) is 6.07 Å². The number of halogens is 1. The van der Waals surface area contributed by atoms with E-state index in [2.05, 4.69) is 10.2 Å². The molecule has 0 spiro atoms. The van der Waals surface area contributed by atoms with E-state index in [9.17, 15) is 9.18 Å². The fourth-order valence-electron chi connectivity index (χ4n) is 3.31. The summed E-state index contributed by atoms with van der Waals surface area (Å²) in [5, 5.41) is 15.7. The van der Waals surface area contributed by atoms with E-state index < -0.39 is 5.82 Å². The maximum atomic E-state index is 14.2. The molecular weight excluding hydrogens is 321 g/mol. The maximum absolute atomic E-state index is 14.2. The number of piperazine rings is 1. The van der Waals surface area contributed by atoms with Crippen LogP contribution in [-0.2, 0) is 0 Å². The molecule has 1 amide bonds. The van der Waals surface area contributed by atoms with Gasteiger partial charge in [0.15, 0.2) is 0 Å².